The van der Waals surface area contributed by atoms with Gasteiger partial charge < -0.3 is 10.1 Å². The third-order valence-electron chi connectivity index (χ3n) is 4.92. The Labute approximate surface area is 183 Å². The van der Waals surface area contributed by atoms with E-state index in [9.17, 15) is 14.0 Å². The molecule has 4 rings (SSSR count). The molecular weight excluding hydrogens is 419 g/mol. The number of rotatable bonds is 6. The number of carbonyl (C=O) groups excluding carboxylic acids is 2. The lowest BCUT2D eigenvalue weighted by Crippen LogP contribution is -2.32. The molecule has 1 heterocycles. The Morgan fingerprint density at radius 1 is 0.968 bits per heavy atom. The van der Waals surface area contributed by atoms with E-state index >= 15 is 0 Å². The lowest BCUT2D eigenvalue weighted by atomic mass is 10.0. The van der Waals surface area contributed by atoms with Gasteiger partial charge in [-0.2, -0.15) is 0 Å². The maximum absolute atomic E-state index is 13.7. The molecule has 0 fully saturated rings. The molecule has 0 radical (unpaired) electrons. The molecule has 1 aliphatic rings. The molecule has 0 unspecified atom stereocenters. The lowest BCUT2D eigenvalue weighted by molar-refractivity contribution is -0.137. The number of hydrogen-bond donors (Lipinski definition) is 1. The van der Waals surface area contributed by atoms with Crippen molar-refractivity contribution in [2.24, 2.45) is 0 Å². The Morgan fingerprint density at radius 3 is 2.42 bits per heavy atom. The molecule has 0 aromatic heterocycles. The first-order chi connectivity index (χ1) is 15.0. The number of nitrogens with one attached hydrogen (secondary N) is 1. The molecule has 0 bridgehead atoms. The minimum Gasteiger partial charge on any atom is -0.496 e. The summed E-state index contributed by atoms with van der Waals surface area (Å²) in [7, 11) is 1.53. The van der Waals surface area contributed by atoms with Crippen LogP contribution in [-0.4, -0.2) is 23.8 Å². The van der Waals surface area contributed by atoms with Crippen LogP contribution in [0.25, 0.3) is 5.57 Å². The highest BCUT2D eigenvalue weighted by Gasteiger charge is 2.39. The monoisotopic (exact) mass is 436 g/mol. The second-order valence-corrected chi connectivity index (χ2v) is 7.34. The van der Waals surface area contributed by atoms with Gasteiger partial charge in [0.1, 0.15) is 17.3 Å². The van der Waals surface area contributed by atoms with E-state index in [-0.39, 0.29) is 17.8 Å². The van der Waals surface area contributed by atoms with Crippen LogP contribution in [0, 0.1) is 5.82 Å². The zero-order valence-electron chi connectivity index (χ0n) is 16.6. The fourth-order valence-corrected chi connectivity index (χ4v) is 3.56. The van der Waals surface area contributed by atoms with Crippen LogP contribution in [0.3, 0.4) is 0 Å². The van der Waals surface area contributed by atoms with Gasteiger partial charge in [0.25, 0.3) is 11.8 Å². The van der Waals surface area contributed by atoms with Gasteiger partial charge >= 0.3 is 0 Å². The van der Waals surface area contributed by atoms with E-state index in [2.05, 4.69) is 5.32 Å². The van der Waals surface area contributed by atoms with E-state index < -0.39 is 17.6 Å². The molecule has 3 aromatic rings. The molecule has 7 heteroatoms. The third kappa shape index (κ3) is 4.15. The summed E-state index contributed by atoms with van der Waals surface area (Å²) in [6, 6.07) is 19.5. The van der Waals surface area contributed by atoms with Gasteiger partial charge in [0.05, 0.1) is 19.2 Å². The SMILES string of the molecule is COc1ccccc1CN1C(=O)C(Nc2cccc(F)c2)=C(c2ccc(Cl)cc2)C1=O. The van der Waals surface area contributed by atoms with Crippen molar-refractivity contribution in [3.05, 3.63) is 100 Å². The Morgan fingerprint density at radius 2 is 1.71 bits per heavy atom. The van der Waals surface area contributed by atoms with Gasteiger partial charge in [0.2, 0.25) is 0 Å². The molecular formula is C24H18ClFN2O3. The number of carbonyl (C=O) groups is 2. The number of benzene rings is 3. The predicted molar refractivity (Wildman–Crippen MR) is 117 cm³/mol. The number of amides is 2. The van der Waals surface area contributed by atoms with Gasteiger partial charge in [-0.05, 0) is 42.0 Å². The molecule has 5 nitrogen and oxygen atoms in total. The first-order valence-electron chi connectivity index (χ1n) is 9.49. The summed E-state index contributed by atoms with van der Waals surface area (Å²) in [5, 5.41) is 3.44. The smallest absolute Gasteiger partial charge is 0.278 e. The van der Waals surface area contributed by atoms with Crippen LogP contribution in [0.5, 0.6) is 5.75 Å². The highest BCUT2D eigenvalue weighted by atomic mass is 35.5. The quantitative estimate of drug-likeness (QED) is 0.559. The number of imide groups is 1. The molecule has 0 saturated heterocycles. The van der Waals surface area contributed by atoms with Crippen LogP contribution < -0.4 is 10.1 Å². The Hall–Kier alpha value is -3.64. The normalized spacial score (nSPS) is 13.7. The second-order valence-electron chi connectivity index (χ2n) is 6.90. The molecule has 0 atom stereocenters. The number of para-hydroxylation sites is 1. The first-order valence-corrected chi connectivity index (χ1v) is 9.86. The maximum atomic E-state index is 13.7. The molecule has 0 saturated carbocycles. The van der Waals surface area contributed by atoms with Crippen molar-refractivity contribution in [3.8, 4) is 5.75 Å². The van der Waals surface area contributed by atoms with Crippen LogP contribution in [0.2, 0.25) is 5.02 Å². The summed E-state index contributed by atoms with van der Waals surface area (Å²) in [5.41, 5.74) is 1.86. The van der Waals surface area contributed by atoms with Crippen LogP contribution in [0.4, 0.5) is 10.1 Å². The van der Waals surface area contributed by atoms with E-state index in [1.165, 1.54) is 25.3 Å². The zero-order valence-corrected chi connectivity index (χ0v) is 17.3. The number of halogens is 2. The minimum absolute atomic E-state index is 0.0348. The van der Waals surface area contributed by atoms with E-state index in [4.69, 9.17) is 16.3 Å². The average molecular weight is 437 g/mol. The topological polar surface area (TPSA) is 58.6 Å². The Bertz CT molecular complexity index is 1190. The van der Waals surface area contributed by atoms with E-state index in [0.717, 1.165) is 4.90 Å². The van der Waals surface area contributed by atoms with Crippen LogP contribution in [0.15, 0.2) is 78.5 Å². The lowest BCUT2D eigenvalue weighted by Gasteiger charge is -2.17. The first kappa shape index (κ1) is 20.6. The number of anilines is 1. The van der Waals surface area contributed by atoms with Crippen molar-refractivity contribution in [3.63, 3.8) is 0 Å². The number of nitrogens with zero attached hydrogens (tertiary/aromatic N) is 1. The summed E-state index contributed by atoms with van der Waals surface area (Å²) in [6.45, 7) is 0.0348. The summed E-state index contributed by atoms with van der Waals surface area (Å²) >= 11 is 5.99. The second kappa shape index (κ2) is 8.62. The van der Waals surface area contributed by atoms with Gasteiger partial charge in [0.15, 0.2) is 0 Å². The summed E-state index contributed by atoms with van der Waals surface area (Å²) in [5.74, 6) is -0.855. The van der Waals surface area contributed by atoms with Gasteiger partial charge in [-0.1, -0.05) is 48.0 Å². The zero-order chi connectivity index (χ0) is 22.0. The van der Waals surface area contributed by atoms with Crippen LogP contribution in [-0.2, 0) is 16.1 Å². The van der Waals surface area contributed by atoms with Crippen molar-refractivity contribution < 1.29 is 18.7 Å². The van der Waals surface area contributed by atoms with E-state index in [0.29, 0.717) is 27.6 Å². The molecule has 0 spiro atoms. The predicted octanol–water partition coefficient (Wildman–Crippen LogP) is 4.88. The van der Waals surface area contributed by atoms with Crippen molar-refractivity contribution in [1.82, 2.24) is 4.90 Å². The minimum atomic E-state index is -0.509. The standard InChI is InChI=1S/C24H18ClFN2O3/c1-31-20-8-3-2-5-16(20)14-28-23(29)21(15-9-11-17(25)12-10-15)22(24(28)30)27-19-7-4-6-18(26)13-19/h2-13,27H,14H2,1H3. The number of hydrogen-bond acceptors (Lipinski definition) is 4. The Balaban J connectivity index is 1.75. The van der Waals surface area contributed by atoms with Crippen molar-refractivity contribution in [1.29, 1.82) is 0 Å². The van der Waals surface area contributed by atoms with Crippen molar-refractivity contribution in [2.75, 3.05) is 12.4 Å². The van der Waals surface area contributed by atoms with E-state index in [1.54, 1.807) is 42.5 Å². The molecule has 1 aliphatic heterocycles. The largest absolute Gasteiger partial charge is 0.496 e. The van der Waals surface area contributed by atoms with Gasteiger partial charge in [-0.3, -0.25) is 14.5 Å². The van der Waals surface area contributed by atoms with Gasteiger partial charge in [0, 0.05) is 16.3 Å². The molecule has 1 N–H and O–H groups in total. The summed E-state index contributed by atoms with van der Waals surface area (Å²) in [6.07, 6.45) is 0. The maximum Gasteiger partial charge on any atom is 0.278 e. The van der Waals surface area contributed by atoms with Gasteiger partial charge in [-0.15, -0.1) is 0 Å². The third-order valence-corrected chi connectivity index (χ3v) is 5.17. The molecule has 3 aromatic carbocycles. The number of ether oxygens (including phenoxy) is 1. The number of methoxy groups -OCH3 is 1. The molecule has 31 heavy (non-hydrogen) atoms. The molecule has 2 amide bonds. The summed E-state index contributed by atoms with van der Waals surface area (Å²) in [4.78, 5) is 27.8. The van der Waals surface area contributed by atoms with Gasteiger partial charge in [-0.25, -0.2) is 4.39 Å². The Kier molecular flexibility index (Phi) is 5.73. The fourth-order valence-electron chi connectivity index (χ4n) is 3.43. The van der Waals surface area contributed by atoms with Crippen LogP contribution >= 0.6 is 11.6 Å². The average Bonchev–Trinajstić information content (AvgIpc) is 2.99. The highest BCUT2D eigenvalue weighted by molar-refractivity contribution is 6.36. The molecule has 0 aliphatic carbocycles. The van der Waals surface area contributed by atoms with Crippen molar-refractivity contribution in [2.45, 2.75) is 6.54 Å². The summed E-state index contributed by atoms with van der Waals surface area (Å²) < 4.78 is 19.0. The van der Waals surface area contributed by atoms with Crippen LogP contribution in [0.1, 0.15) is 11.1 Å². The van der Waals surface area contributed by atoms with E-state index in [1.807, 2.05) is 12.1 Å². The van der Waals surface area contributed by atoms with Crippen molar-refractivity contribution >= 4 is 34.7 Å². The fraction of sp³-hybridized carbons (Fsp3) is 0.0833. The molecule has 156 valence electrons. The highest BCUT2D eigenvalue weighted by Crippen LogP contribution is 2.33.